The van der Waals surface area contributed by atoms with Gasteiger partial charge < -0.3 is 15.6 Å². The summed E-state index contributed by atoms with van der Waals surface area (Å²) in [7, 11) is 0. The molecule has 3 N–H and O–H groups in total. The summed E-state index contributed by atoms with van der Waals surface area (Å²) >= 11 is 0. The van der Waals surface area contributed by atoms with E-state index in [9.17, 15) is 18.3 Å². The maximum Gasteiger partial charge on any atom is 0.573 e. The van der Waals surface area contributed by atoms with Gasteiger partial charge in [0.05, 0.1) is 6.10 Å². The highest BCUT2D eigenvalue weighted by molar-refractivity contribution is 5.38. The quantitative estimate of drug-likeness (QED) is 0.878. The number of aliphatic hydroxyl groups is 1. The molecule has 0 radical (unpaired) electrons. The number of aliphatic hydroxyl groups excluding tert-OH is 1. The number of hydrogen-bond donors (Lipinski definition) is 2. The molecule has 0 saturated heterocycles. The average molecular weight is 305 g/mol. The van der Waals surface area contributed by atoms with E-state index < -0.39 is 12.5 Å². The third-order valence-corrected chi connectivity index (χ3v) is 3.10. The summed E-state index contributed by atoms with van der Waals surface area (Å²) in [5.74, 6) is -0.229. The highest BCUT2D eigenvalue weighted by atomic mass is 19.4. The monoisotopic (exact) mass is 305 g/mol. The molecule has 1 aromatic rings. The molecule has 3 nitrogen and oxygen atoms in total. The van der Waals surface area contributed by atoms with Crippen LogP contribution in [0, 0.1) is 0 Å². The van der Waals surface area contributed by atoms with E-state index in [0.29, 0.717) is 18.4 Å². The Morgan fingerprint density at radius 2 is 1.81 bits per heavy atom. The summed E-state index contributed by atoms with van der Waals surface area (Å²) in [5.41, 5.74) is 6.47. The highest BCUT2D eigenvalue weighted by Crippen LogP contribution is 2.31. The Morgan fingerprint density at radius 1 is 1.19 bits per heavy atom. The lowest BCUT2D eigenvalue weighted by molar-refractivity contribution is -0.274. The van der Waals surface area contributed by atoms with Gasteiger partial charge in [-0.15, -0.1) is 13.2 Å². The zero-order valence-electron chi connectivity index (χ0n) is 12.5. The fourth-order valence-corrected chi connectivity index (χ4v) is 1.88. The van der Waals surface area contributed by atoms with Gasteiger partial charge in [0.25, 0.3) is 0 Å². The second-order valence-corrected chi connectivity index (χ2v) is 6.09. The van der Waals surface area contributed by atoms with Gasteiger partial charge in [-0.25, -0.2) is 0 Å². The Bertz CT molecular complexity index is 467. The normalized spacial score (nSPS) is 14.1. The van der Waals surface area contributed by atoms with Gasteiger partial charge in [0, 0.05) is 6.54 Å². The largest absolute Gasteiger partial charge is 0.573 e. The van der Waals surface area contributed by atoms with Crippen molar-refractivity contribution in [1.82, 2.24) is 0 Å². The van der Waals surface area contributed by atoms with Crippen molar-refractivity contribution in [2.45, 2.75) is 51.5 Å². The van der Waals surface area contributed by atoms with Gasteiger partial charge in [-0.3, -0.25) is 0 Å². The Kier molecular flexibility index (Phi) is 5.64. The zero-order valence-corrected chi connectivity index (χ0v) is 12.5. The number of benzene rings is 1. The van der Waals surface area contributed by atoms with Crippen molar-refractivity contribution in [3.63, 3.8) is 0 Å². The van der Waals surface area contributed by atoms with E-state index in [0.717, 1.165) is 5.56 Å². The van der Waals surface area contributed by atoms with E-state index in [1.54, 1.807) is 0 Å². The molecule has 1 aromatic carbocycles. The highest BCUT2D eigenvalue weighted by Gasteiger charge is 2.31. The molecule has 0 amide bonds. The SMILES string of the molecule is CC(C)(C)c1cc(CC[C@H](O)CN)cc(OC(F)(F)F)c1. The molecule has 0 saturated carbocycles. The lowest BCUT2D eigenvalue weighted by Crippen LogP contribution is -2.21. The molecular weight excluding hydrogens is 283 g/mol. The molecule has 0 spiro atoms. The van der Waals surface area contributed by atoms with Crippen molar-refractivity contribution in [2.24, 2.45) is 5.73 Å². The first-order valence-electron chi connectivity index (χ1n) is 6.79. The second-order valence-electron chi connectivity index (χ2n) is 6.09. The van der Waals surface area contributed by atoms with Crippen LogP contribution in [-0.4, -0.2) is 24.1 Å². The second kappa shape index (κ2) is 6.66. The molecule has 0 fully saturated rings. The number of alkyl halides is 3. The molecule has 1 atom stereocenters. The van der Waals surface area contributed by atoms with Crippen molar-refractivity contribution >= 4 is 0 Å². The molecule has 0 bridgehead atoms. The number of halogens is 3. The maximum absolute atomic E-state index is 12.4. The third kappa shape index (κ3) is 6.35. The third-order valence-electron chi connectivity index (χ3n) is 3.10. The maximum atomic E-state index is 12.4. The first kappa shape index (κ1) is 17.8. The van der Waals surface area contributed by atoms with Crippen LogP contribution in [0.5, 0.6) is 5.75 Å². The van der Waals surface area contributed by atoms with E-state index in [2.05, 4.69) is 4.74 Å². The van der Waals surface area contributed by atoms with Crippen molar-refractivity contribution in [1.29, 1.82) is 0 Å². The van der Waals surface area contributed by atoms with E-state index in [1.165, 1.54) is 12.1 Å². The minimum absolute atomic E-state index is 0.130. The summed E-state index contributed by atoms with van der Waals surface area (Å²) in [6.45, 7) is 5.87. The number of hydrogen-bond acceptors (Lipinski definition) is 3. The first-order chi connectivity index (χ1) is 9.51. The van der Waals surface area contributed by atoms with E-state index >= 15 is 0 Å². The van der Waals surface area contributed by atoms with Crippen molar-refractivity contribution < 1.29 is 23.0 Å². The van der Waals surface area contributed by atoms with Crippen LogP contribution in [0.4, 0.5) is 13.2 Å². The van der Waals surface area contributed by atoms with Crippen molar-refractivity contribution in [2.75, 3.05) is 6.54 Å². The van der Waals surface area contributed by atoms with E-state index in [-0.39, 0.29) is 17.7 Å². The van der Waals surface area contributed by atoms with Crippen LogP contribution in [-0.2, 0) is 11.8 Å². The standard InChI is InChI=1S/C15H22F3NO2/c1-14(2,3)11-6-10(4-5-12(20)9-19)7-13(8-11)21-15(16,17)18/h6-8,12,20H,4-5,9,19H2,1-3H3/t12-/m0/s1. The number of rotatable bonds is 5. The molecule has 1 rings (SSSR count). The minimum atomic E-state index is -4.72. The smallest absolute Gasteiger partial charge is 0.406 e. The lowest BCUT2D eigenvalue weighted by Gasteiger charge is -2.22. The van der Waals surface area contributed by atoms with E-state index in [1.807, 2.05) is 26.8 Å². The molecule has 0 aliphatic rings. The van der Waals surface area contributed by atoms with Gasteiger partial charge >= 0.3 is 6.36 Å². The van der Waals surface area contributed by atoms with Gasteiger partial charge in [0.2, 0.25) is 0 Å². The van der Waals surface area contributed by atoms with Crippen LogP contribution < -0.4 is 10.5 Å². The number of ether oxygens (including phenoxy) is 1. The minimum Gasteiger partial charge on any atom is -0.406 e. The Hall–Kier alpha value is -1.27. The predicted octanol–water partition coefficient (Wildman–Crippen LogP) is 3.13. The molecule has 0 aliphatic heterocycles. The summed E-state index contributed by atoms with van der Waals surface area (Å²) in [5, 5.41) is 9.47. The van der Waals surface area contributed by atoms with Crippen LogP contribution in [0.3, 0.4) is 0 Å². The van der Waals surface area contributed by atoms with E-state index in [4.69, 9.17) is 5.73 Å². The molecule has 120 valence electrons. The molecule has 6 heteroatoms. The van der Waals surface area contributed by atoms with Gasteiger partial charge in [-0.05, 0) is 41.5 Å². The zero-order chi connectivity index (χ0) is 16.3. The molecule has 0 aromatic heterocycles. The summed E-state index contributed by atoms with van der Waals surface area (Å²) in [4.78, 5) is 0. The number of nitrogens with two attached hydrogens (primary N) is 1. The molecule has 21 heavy (non-hydrogen) atoms. The van der Waals surface area contributed by atoms with Gasteiger partial charge in [0.15, 0.2) is 0 Å². The molecule has 0 heterocycles. The van der Waals surface area contributed by atoms with Crippen molar-refractivity contribution in [3.8, 4) is 5.75 Å². The van der Waals surface area contributed by atoms with Crippen LogP contribution in [0.2, 0.25) is 0 Å². The Balaban J connectivity index is 3.04. The summed E-state index contributed by atoms with van der Waals surface area (Å²) in [6, 6.07) is 4.59. The van der Waals surface area contributed by atoms with Crippen LogP contribution in [0.25, 0.3) is 0 Å². The van der Waals surface area contributed by atoms with Crippen LogP contribution in [0.1, 0.15) is 38.3 Å². The van der Waals surface area contributed by atoms with Gasteiger partial charge in [-0.1, -0.05) is 26.8 Å². The lowest BCUT2D eigenvalue weighted by atomic mass is 9.85. The number of aryl methyl sites for hydroxylation is 1. The predicted molar refractivity (Wildman–Crippen MR) is 75.2 cm³/mol. The molecular formula is C15H22F3NO2. The summed E-state index contributed by atoms with van der Waals surface area (Å²) in [6.07, 6.45) is -4.54. The van der Waals surface area contributed by atoms with Crippen molar-refractivity contribution in [3.05, 3.63) is 29.3 Å². The first-order valence-corrected chi connectivity index (χ1v) is 6.79. The Labute approximate surface area is 122 Å². The molecule has 0 unspecified atom stereocenters. The van der Waals surface area contributed by atoms with Crippen LogP contribution >= 0.6 is 0 Å². The Morgan fingerprint density at radius 3 is 2.29 bits per heavy atom. The van der Waals surface area contributed by atoms with Gasteiger partial charge in [-0.2, -0.15) is 0 Å². The van der Waals surface area contributed by atoms with Gasteiger partial charge in [0.1, 0.15) is 5.75 Å². The summed E-state index contributed by atoms with van der Waals surface area (Å²) < 4.78 is 41.2. The topological polar surface area (TPSA) is 55.5 Å². The molecule has 0 aliphatic carbocycles. The van der Waals surface area contributed by atoms with Crippen LogP contribution in [0.15, 0.2) is 18.2 Å². The fourth-order valence-electron chi connectivity index (χ4n) is 1.88. The average Bonchev–Trinajstić information content (AvgIpc) is 2.32. The fraction of sp³-hybridized carbons (Fsp3) is 0.600.